The largest absolute Gasteiger partial charge is 0.493 e. The van der Waals surface area contributed by atoms with Gasteiger partial charge in [0, 0.05) is 17.3 Å². The van der Waals surface area contributed by atoms with Crippen molar-refractivity contribution in [2.75, 3.05) is 14.2 Å². The number of aromatic nitrogens is 1. The van der Waals surface area contributed by atoms with Crippen LogP contribution in [-0.4, -0.2) is 19.2 Å². The highest BCUT2D eigenvalue weighted by molar-refractivity contribution is 5.85. The molecule has 1 aromatic carbocycles. The smallest absolute Gasteiger partial charge is 0.161 e. The summed E-state index contributed by atoms with van der Waals surface area (Å²) >= 11 is 0. The lowest BCUT2D eigenvalue weighted by Gasteiger charge is -2.09. The molecule has 0 atom stereocenters. The predicted octanol–water partition coefficient (Wildman–Crippen LogP) is 3.59. The van der Waals surface area contributed by atoms with Crippen LogP contribution in [-0.2, 0) is 6.42 Å². The molecule has 3 nitrogen and oxygen atoms in total. The zero-order chi connectivity index (χ0) is 13.0. The normalized spacial score (nSPS) is 10.6. The van der Waals surface area contributed by atoms with Crippen molar-refractivity contribution in [3.8, 4) is 11.5 Å². The Morgan fingerprint density at radius 2 is 1.67 bits per heavy atom. The van der Waals surface area contributed by atoms with E-state index < -0.39 is 0 Å². The highest BCUT2D eigenvalue weighted by Crippen LogP contribution is 2.32. The van der Waals surface area contributed by atoms with Crippen LogP contribution >= 0.6 is 0 Å². The molecule has 0 aliphatic carbocycles. The quantitative estimate of drug-likeness (QED) is 0.806. The highest BCUT2D eigenvalue weighted by Gasteiger charge is 2.06. The van der Waals surface area contributed by atoms with Crippen LogP contribution in [0.4, 0.5) is 0 Å². The fourth-order valence-corrected chi connectivity index (χ4v) is 2.01. The maximum absolute atomic E-state index is 5.32. The lowest BCUT2D eigenvalue weighted by Crippen LogP contribution is -1.93. The maximum Gasteiger partial charge on any atom is 0.161 e. The van der Waals surface area contributed by atoms with Crippen molar-refractivity contribution in [3.63, 3.8) is 0 Å². The number of unbranched alkanes of at least 4 members (excludes halogenated alkanes) is 1. The summed E-state index contributed by atoms with van der Waals surface area (Å²) in [5.41, 5.74) is 1.14. The second-order valence-electron chi connectivity index (χ2n) is 4.33. The van der Waals surface area contributed by atoms with Crippen molar-refractivity contribution in [3.05, 3.63) is 30.1 Å². The van der Waals surface area contributed by atoms with E-state index >= 15 is 0 Å². The SMILES string of the molecule is CCCCc1cc2cc(OC)c(OC)cc2cn1. The van der Waals surface area contributed by atoms with Gasteiger partial charge < -0.3 is 9.47 Å². The van der Waals surface area contributed by atoms with E-state index in [1.807, 2.05) is 18.3 Å². The molecule has 0 amide bonds. The second-order valence-corrected chi connectivity index (χ2v) is 4.33. The van der Waals surface area contributed by atoms with Gasteiger partial charge in [-0.3, -0.25) is 4.98 Å². The molecular formula is C15H19NO2. The number of ether oxygens (including phenoxy) is 2. The topological polar surface area (TPSA) is 31.4 Å². The Labute approximate surface area is 108 Å². The Bertz CT molecular complexity index is 537. The molecule has 0 fully saturated rings. The van der Waals surface area contributed by atoms with Crippen LogP contribution in [0.2, 0.25) is 0 Å². The standard InChI is InChI=1S/C15H19NO2/c1-4-5-6-13-7-11-8-14(17-2)15(18-3)9-12(11)10-16-13/h7-10H,4-6H2,1-3H3. The molecule has 1 heterocycles. The van der Waals surface area contributed by atoms with E-state index in [4.69, 9.17) is 9.47 Å². The van der Waals surface area contributed by atoms with Crippen LogP contribution in [0.1, 0.15) is 25.5 Å². The number of fused-ring (bicyclic) bond motifs is 1. The van der Waals surface area contributed by atoms with Gasteiger partial charge in [0.25, 0.3) is 0 Å². The Morgan fingerprint density at radius 1 is 1.00 bits per heavy atom. The zero-order valence-electron chi connectivity index (χ0n) is 11.2. The van der Waals surface area contributed by atoms with E-state index in [0.29, 0.717) is 0 Å². The van der Waals surface area contributed by atoms with Crippen LogP contribution in [0.15, 0.2) is 24.4 Å². The molecule has 0 saturated carbocycles. The number of methoxy groups -OCH3 is 2. The van der Waals surface area contributed by atoms with E-state index in [9.17, 15) is 0 Å². The number of pyridine rings is 1. The summed E-state index contributed by atoms with van der Waals surface area (Å²) in [5.74, 6) is 1.51. The van der Waals surface area contributed by atoms with Crippen molar-refractivity contribution in [1.82, 2.24) is 4.98 Å². The first-order valence-electron chi connectivity index (χ1n) is 6.29. The molecule has 2 rings (SSSR count). The third-order valence-electron chi connectivity index (χ3n) is 3.07. The second kappa shape index (κ2) is 5.71. The first-order valence-corrected chi connectivity index (χ1v) is 6.29. The van der Waals surface area contributed by atoms with Gasteiger partial charge in [0.05, 0.1) is 14.2 Å². The molecule has 0 saturated heterocycles. The van der Waals surface area contributed by atoms with Crippen molar-refractivity contribution in [2.24, 2.45) is 0 Å². The maximum atomic E-state index is 5.32. The van der Waals surface area contributed by atoms with Crippen LogP contribution in [0.25, 0.3) is 10.8 Å². The van der Waals surface area contributed by atoms with Gasteiger partial charge in [-0.25, -0.2) is 0 Å². The molecule has 18 heavy (non-hydrogen) atoms. The van der Waals surface area contributed by atoms with Crippen LogP contribution in [0.5, 0.6) is 11.5 Å². The van der Waals surface area contributed by atoms with E-state index in [-0.39, 0.29) is 0 Å². The molecule has 1 aromatic heterocycles. The van der Waals surface area contributed by atoms with Gasteiger partial charge in [0.2, 0.25) is 0 Å². The van der Waals surface area contributed by atoms with Gasteiger partial charge >= 0.3 is 0 Å². The fourth-order valence-electron chi connectivity index (χ4n) is 2.01. The number of nitrogens with zero attached hydrogens (tertiary/aromatic N) is 1. The third-order valence-corrected chi connectivity index (χ3v) is 3.07. The van der Waals surface area contributed by atoms with E-state index in [1.54, 1.807) is 14.2 Å². The minimum absolute atomic E-state index is 0.744. The fraction of sp³-hybridized carbons (Fsp3) is 0.400. The Balaban J connectivity index is 2.42. The molecule has 0 radical (unpaired) electrons. The molecule has 96 valence electrons. The Morgan fingerprint density at radius 3 is 2.28 bits per heavy atom. The average molecular weight is 245 g/mol. The lowest BCUT2D eigenvalue weighted by molar-refractivity contribution is 0.356. The minimum atomic E-state index is 0.744. The van der Waals surface area contributed by atoms with Crippen LogP contribution in [0, 0.1) is 0 Å². The monoisotopic (exact) mass is 245 g/mol. The van der Waals surface area contributed by atoms with Crippen molar-refractivity contribution < 1.29 is 9.47 Å². The highest BCUT2D eigenvalue weighted by atomic mass is 16.5. The predicted molar refractivity (Wildman–Crippen MR) is 73.5 cm³/mol. The van der Waals surface area contributed by atoms with Crippen LogP contribution < -0.4 is 9.47 Å². The molecule has 0 bridgehead atoms. The van der Waals surface area contributed by atoms with Gasteiger partial charge in [-0.1, -0.05) is 13.3 Å². The molecule has 0 spiro atoms. The van der Waals surface area contributed by atoms with Gasteiger partial charge in [-0.05, 0) is 36.4 Å². The molecule has 0 unspecified atom stereocenters. The van der Waals surface area contributed by atoms with Gasteiger partial charge in [0.1, 0.15) is 0 Å². The first-order chi connectivity index (χ1) is 8.78. The Hall–Kier alpha value is -1.77. The van der Waals surface area contributed by atoms with E-state index in [1.165, 1.54) is 12.8 Å². The minimum Gasteiger partial charge on any atom is -0.493 e. The molecule has 2 aromatic rings. The van der Waals surface area contributed by atoms with Gasteiger partial charge in [0.15, 0.2) is 11.5 Å². The lowest BCUT2D eigenvalue weighted by atomic mass is 10.1. The van der Waals surface area contributed by atoms with Crippen molar-refractivity contribution in [2.45, 2.75) is 26.2 Å². The van der Waals surface area contributed by atoms with Crippen molar-refractivity contribution in [1.29, 1.82) is 0 Å². The summed E-state index contributed by atoms with van der Waals surface area (Å²) in [5, 5.41) is 2.22. The number of hydrogen-bond acceptors (Lipinski definition) is 3. The number of rotatable bonds is 5. The summed E-state index contributed by atoms with van der Waals surface area (Å²) in [7, 11) is 3.30. The zero-order valence-corrected chi connectivity index (χ0v) is 11.2. The van der Waals surface area contributed by atoms with Crippen LogP contribution in [0.3, 0.4) is 0 Å². The summed E-state index contributed by atoms with van der Waals surface area (Å²) in [6.45, 7) is 2.19. The van der Waals surface area contributed by atoms with Crippen molar-refractivity contribution >= 4 is 10.8 Å². The molecular weight excluding hydrogens is 226 g/mol. The molecule has 0 N–H and O–H groups in total. The molecule has 0 aliphatic rings. The third kappa shape index (κ3) is 2.55. The average Bonchev–Trinajstić information content (AvgIpc) is 2.43. The molecule has 3 heteroatoms. The summed E-state index contributed by atoms with van der Waals surface area (Å²) in [4.78, 5) is 4.48. The van der Waals surface area contributed by atoms with E-state index in [0.717, 1.165) is 34.4 Å². The Kier molecular flexibility index (Phi) is 4.03. The number of hydrogen-bond donors (Lipinski definition) is 0. The van der Waals surface area contributed by atoms with Gasteiger partial charge in [-0.15, -0.1) is 0 Å². The molecule has 0 aliphatic heterocycles. The first kappa shape index (κ1) is 12.7. The van der Waals surface area contributed by atoms with E-state index in [2.05, 4.69) is 18.0 Å². The summed E-state index contributed by atoms with van der Waals surface area (Å²) in [6, 6.07) is 6.10. The summed E-state index contributed by atoms with van der Waals surface area (Å²) < 4.78 is 10.6. The van der Waals surface area contributed by atoms with Gasteiger partial charge in [-0.2, -0.15) is 0 Å². The number of benzene rings is 1. The summed E-state index contributed by atoms with van der Waals surface area (Å²) in [6.07, 6.45) is 5.29. The number of aryl methyl sites for hydroxylation is 1.